The lowest BCUT2D eigenvalue weighted by Gasteiger charge is -2.38. The first-order chi connectivity index (χ1) is 12.3. The van der Waals surface area contributed by atoms with Gasteiger partial charge in [-0.05, 0) is 44.9 Å². The van der Waals surface area contributed by atoms with Crippen LogP contribution in [0.4, 0.5) is 5.69 Å². The number of imide groups is 1. The summed E-state index contributed by atoms with van der Waals surface area (Å²) < 4.78 is 33.5. The molecule has 2 aliphatic rings. The van der Waals surface area contributed by atoms with Crippen molar-refractivity contribution in [1.82, 2.24) is 4.31 Å². The highest BCUT2D eigenvalue weighted by atomic mass is 32.2. The monoisotopic (exact) mass is 380 g/mol. The van der Waals surface area contributed by atoms with Gasteiger partial charge in [0.15, 0.2) is 0 Å². The Morgan fingerprint density at radius 1 is 1.04 bits per heavy atom. The van der Waals surface area contributed by atoms with Gasteiger partial charge in [-0.3, -0.25) is 14.5 Å². The molecule has 2 aliphatic heterocycles. The number of benzene rings is 1. The van der Waals surface area contributed by atoms with Gasteiger partial charge in [0.2, 0.25) is 21.8 Å². The molecule has 8 heteroatoms. The van der Waals surface area contributed by atoms with Crippen molar-refractivity contribution in [1.29, 1.82) is 0 Å². The van der Waals surface area contributed by atoms with E-state index in [1.807, 2.05) is 13.8 Å². The fourth-order valence-electron chi connectivity index (χ4n) is 3.86. The summed E-state index contributed by atoms with van der Waals surface area (Å²) >= 11 is 0. The van der Waals surface area contributed by atoms with Gasteiger partial charge in [0.1, 0.15) is 10.6 Å². The van der Waals surface area contributed by atoms with E-state index in [1.54, 1.807) is 6.07 Å². The number of sulfonamides is 1. The number of rotatable bonds is 4. The second kappa shape index (κ2) is 7.00. The Balaban J connectivity index is 2.09. The molecule has 1 aromatic rings. The van der Waals surface area contributed by atoms with Crippen LogP contribution in [0.3, 0.4) is 0 Å². The van der Waals surface area contributed by atoms with Crippen molar-refractivity contribution in [2.24, 2.45) is 0 Å². The van der Waals surface area contributed by atoms with Crippen LogP contribution in [0.15, 0.2) is 23.1 Å². The molecule has 2 fully saturated rings. The zero-order valence-electron chi connectivity index (χ0n) is 15.3. The first-order valence-corrected chi connectivity index (χ1v) is 10.3. The molecule has 0 N–H and O–H groups in total. The van der Waals surface area contributed by atoms with Gasteiger partial charge in [0.25, 0.3) is 0 Å². The van der Waals surface area contributed by atoms with Crippen LogP contribution in [0.1, 0.15) is 46.0 Å². The highest BCUT2D eigenvalue weighted by Gasteiger charge is 2.38. The smallest absolute Gasteiger partial charge is 0.247 e. The first-order valence-electron chi connectivity index (χ1n) is 8.84. The van der Waals surface area contributed by atoms with Crippen LogP contribution in [-0.2, 0) is 19.6 Å². The summed E-state index contributed by atoms with van der Waals surface area (Å²) in [6, 6.07) is 4.19. The van der Waals surface area contributed by atoms with E-state index in [0.717, 1.165) is 24.2 Å². The lowest BCUT2D eigenvalue weighted by Crippen LogP contribution is -2.47. The molecule has 0 radical (unpaired) electrons. The second-order valence-electron chi connectivity index (χ2n) is 6.92. The Morgan fingerprint density at radius 3 is 2.15 bits per heavy atom. The van der Waals surface area contributed by atoms with Gasteiger partial charge < -0.3 is 4.74 Å². The predicted octanol–water partition coefficient (Wildman–Crippen LogP) is 2.30. The lowest BCUT2D eigenvalue weighted by atomic mass is 10.0. The Hall–Kier alpha value is -1.93. The number of carbonyl (C=O) groups is 2. The Bertz CT molecular complexity index is 810. The Kier molecular flexibility index (Phi) is 5.07. The molecule has 0 unspecified atom stereocenters. The van der Waals surface area contributed by atoms with Crippen LogP contribution in [0.5, 0.6) is 5.75 Å². The summed E-state index contributed by atoms with van der Waals surface area (Å²) in [6.45, 7) is 3.80. The Morgan fingerprint density at radius 2 is 1.62 bits per heavy atom. The van der Waals surface area contributed by atoms with Gasteiger partial charge in [-0.2, -0.15) is 4.31 Å². The third-order valence-corrected chi connectivity index (χ3v) is 7.27. The molecule has 0 saturated carbocycles. The number of anilines is 1. The molecule has 0 bridgehead atoms. The van der Waals surface area contributed by atoms with Crippen LogP contribution in [0.25, 0.3) is 0 Å². The summed E-state index contributed by atoms with van der Waals surface area (Å²) in [4.78, 5) is 25.1. The molecular weight excluding hydrogens is 356 g/mol. The molecule has 2 amide bonds. The second-order valence-corrected chi connectivity index (χ2v) is 8.73. The summed E-state index contributed by atoms with van der Waals surface area (Å²) in [5, 5.41) is 0. The minimum absolute atomic E-state index is 0.00870. The average Bonchev–Trinajstić information content (AvgIpc) is 2.92. The van der Waals surface area contributed by atoms with Crippen molar-refractivity contribution in [3.63, 3.8) is 0 Å². The molecule has 2 heterocycles. The molecule has 0 aromatic heterocycles. The highest BCUT2D eigenvalue weighted by Crippen LogP contribution is 2.36. The molecule has 2 atom stereocenters. The fraction of sp³-hybridized carbons (Fsp3) is 0.556. The number of hydrogen-bond donors (Lipinski definition) is 0. The van der Waals surface area contributed by atoms with E-state index in [1.165, 1.54) is 23.5 Å². The average molecular weight is 380 g/mol. The quantitative estimate of drug-likeness (QED) is 0.749. The normalized spacial score (nSPS) is 25.0. The summed E-state index contributed by atoms with van der Waals surface area (Å²) in [7, 11) is -2.43. The summed E-state index contributed by atoms with van der Waals surface area (Å²) in [5.41, 5.74) is 0.272. The first kappa shape index (κ1) is 18.8. The van der Waals surface area contributed by atoms with E-state index in [-0.39, 0.29) is 53.1 Å². The van der Waals surface area contributed by atoms with Gasteiger partial charge in [0.05, 0.1) is 12.8 Å². The van der Waals surface area contributed by atoms with E-state index in [2.05, 4.69) is 0 Å². The van der Waals surface area contributed by atoms with Crippen molar-refractivity contribution in [2.75, 3.05) is 12.0 Å². The predicted molar refractivity (Wildman–Crippen MR) is 96.5 cm³/mol. The molecule has 0 aliphatic carbocycles. The number of piperidine rings is 1. The van der Waals surface area contributed by atoms with E-state index < -0.39 is 10.0 Å². The van der Waals surface area contributed by atoms with Crippen LogP contribution in [0, 0.1) is 0 Å². The zero-order valence-corrected chi connectivity index (χ0v) is 16.1. The molecule has 0 spiro atoms. The molecule has 142 valence electrons. The SMILES string of the molecule is COc1ccc(N2C(=O)CCC2=O)cc1S(=O)(=O)N1[C@H](C)CCC[C@@H]1C. The van der Waals surface area contributed by atoms with Crippen molar-refractivity contribution in [3.05, 3.63) is 18.2 Å². The van der Waals surface area contributed by atoms with Crippen LogP contribution in [0.2, 0.25) is 0 Å². The van der Waals surface area contributed by atoms with E-state index >= 15 is 0 Å². The zero-order chi connectivity index (χ0) is 19.1. The van der Waals surface area contributed by atoms with Crippen LogP contribution < -0.4 is 9.64 Å². The van der Waals surface area contributed by atoms with Gasteiger partial charge >= 0.3 is 0 Å². The lowest BCUT2D eigenvalue weighted by molar-refractivity contribution is -0.121. The summed E-state index contributed by atoms with van der Waals surface area (Å²) in [6.07, 6.45) is 2.88. The molecule has 7 nitrogen and oxygen atoms in total. The Labute approximate surface area is 154 Å². The number of hydrogen-bond acceptors (Lipinski definition) is 5. The number of amides is 2. The fourth-order valence-corrected chi connectivity index (χ4v) is 5.92. The molecule has 26 heavy (non-hydrogen) atoms. The van der Waals surface area contributed by atoms with Crippen molar-refractivity contribution in [3.8, 4) is 5.75 Å². The van der Waals surface area contributed by atoms with Crippen molar-refractivity contribution in [2.45, 2.75) is 62.9 Å². The number of nitrogens with zero attached hydrogens (tertiary/aromatic N) is 2. The largest absolute Gasteiger partial charge is 0.495 e. The van der Waals surface area contributed by atoms with Crippen LogP contribution in [-0.4, -0.2) is 43.7 Å². The van der Waals surface area contributed by atoms with Gasteiger partial charge in [-0.1, -0.05) is 6.42 Å². The maximum atomic E-state index is 13.4. The van der Waals surface area contributed by atoms with E-state index in [0.29, 0.717) is 0 Å². The standard InChI is InChI=1S/C18H24N2O5S/c1-12-5-4-6-13(2)20(12)26(23,24)16-11-14(7-8-15(16)25-3)19-17(21)9-10-18(19)22/h7-8,11-13H,4-6,9-10H2,1-3H3/t12-,13+. The van der Waals surface area contributed by atoms with E-state index in [9.17, 15) is 18.0 Å². The van der Waals surface area contributed by atoms with Crippen LogP contribution >= 0.6 is 0 Å². The molecule has 3 rings (SSSR count). The van der Waals surface area contributed by atoms with Gasteiger partial charge in [0, 0.05) is 24.9 Å². The van der Waals surface area contributed by atoms with Gasteiger partial charge in [-0.25, -0.2) is 8.42 Å². The van der Waals surface area contributed by atoms with Gasteiger partial charge in [-0.15, -0.1) is 0 Å². The third kappa shape index (κ3) is 3.12. The number of ether oxygens (including phenoxy) is 1. The van der Waals surface area contributed by atoms with Crippen molar-refractivity contribution < 1.29 is 22.7 Å². The minimum atomic E-state index is -3.83. The maximum absolute atomic E-state index is 13.4. The third-order valence-electron chi connectivity index (χ3n) is 5.13. The maximum Gasteiger partial charge on any atom is 0.247 e. The molecule has 1 aromatic carbocycles. The molecular formula is C18H24N2O5S. The molecule has 2 saturated heterocycles. The minimum Gasteiger partial charge on any atom is -0.495 e. The number of methoxy groups -OCH3 is 1. The number of carbonyl (C=O) groups excluding carboxylic acids is 2. The van der Waals surface area contributed by atoms with Crippen molar-refractivity contribution >= 4 is 27.5 Å². The highest BCUT2D eigenvalue weighted by molar-refractivity contribution is 7.89. The van der Waals surface area contributed by atoms with E-state index in [4.69, 9.17) is 4.74 Å². The summed E-state index contributed by atoms with van der Waals surface area (Å²) in [5.74, 6) is -0.427. The topological polar surface area (TPSA) is 84.0 Å².